The van der Waals surface area contributed by atoms with Crippen LogP contribution in [0.4, 0.5) is 5.69 Å². The number of rotatable bonds is 0. The zero-order valence-electron chi connectivity index (χ0n) is 9.77. The molecule has 0 saturated heterocycles. The van der Waals surface area contributed by atoms with Gasteiger partial charge >= 0.3 is 0 Å². The molecule has 0 fully saturated rings. The molecule has 1 aromatic carbocycles. The van der Waals surface area contributed by atoms with Crippen LogP contribution in [0.25, 0.3) is 0 Å². The molecule has 0 unspecified atom stereocenters. The highest BCUT2D eigenvalue weighted by Crippen LogP contribution is 2.27. The van der Waals surface area contributed by atoms with E-state index in [0.717, 1.165) is 0 Å². The first-order valence-corrected chi connectivity index (χ1v) is 5.19. The number of hydrogen-bond acceptors (Lipinski definition) is 3. The topological polar surface area (TPSA) is 73.4 Å². The summed E-state index contributed by atoms with van der Waals surface area (Å²) in [7, 11) is 3.36. The van der Waals surface area contributed by atoms with Crippen LogP contribution in [0, 0.1) is 5.41 Å². The van der Waals surface area contributed by atoms with Crippen LogP contribution in [0.2, 0.25) is 0 Å². The van der Waals surface area contributed by atoms with Crippen LogP contribution in [0.3, 0.4) is 0 Å². The van der Waals surface area contributed by atoms with E-state index in [4.69, 9.17) is 11.1 Å². The summed E-state index contributed by atoms with van der Waals surface area (Å²) >= 11 is 0. The molecule has 1 aromatic rings. The van der Waals surface area contributed by atoms with Crippen molar-refractivity contribution in [1.29, 1.82) is 5.41 Å². The summed E-state index contributed by atoms with van der Waals surface area (Å²) in [6, 6.07) is 7.21. The first kappa shape index (κ1) is 11.2. The Hall–Kier alpha value is -2.30. The fourth-order valence-electron chi connectivity index (χ4n) is 1.88. The fraction of sp³-hybridized carbons (Fsp3) is 0.167. The van der Waals surface area contributed by atoms with E-state index in [1.165, 1.54) is 11.1 Å². The molecule has 0 bridgehead atoms. The van der Waals surface area contributed by atoms with E-state index in [0.29, 0.717) is 16.9 Å². The number of likely N-dealkylation sites (N-methyl/N-ethyl adjacent to an activating group) is 2. The van der Waals surface area contributed by atoms with Crippen LogP contribution >= 0.6 is 0 Å². The Morgan fingerprint density at radius 3 is 2.53 bits per heavy atom. The first-order chi connectivity index (χ1) is 8.07. The number of carbonyl (C=O) groups is 1. The smallest absolute Gasteiger partial charge is 0.260 e. The highest BCUT2D eigenvalue weighted by atomic mass is 16.2. The largest absolute Gasteiger partial charge is 0.403 e. The molecule has 0 radical (unpaired) electrons. The lowest BCUT2D eigenvalue weighted by Gasteiger charge is -2.21. The number of para-hydroxylation sites is 1. The van der Waals surface area contributed by atoms with Crippen molar-refractivity contribution in [1.82, 2.24) is 4.90 Å². The maximum atomic E-state index is 12.2. The maximum Gasteiger partial charge on any atom is 0.260 e. The van der Waals surface area contributed by atoms with Crippen molar-refractivity contribution >= 4 is 17.4 Å². The van der Waals surface area contributed by atoms with E-state index in [-0.39, 0.29) is 11.7 Å². The molecule has 88 valence electrons. The number of fused-ring (bicyclic) bond motifs is 1. The van der Waals surface area contributed by atoms with Crippen molar-refractivity contribution < 1.29 is 4.79 Å². The Labute approximate surface area is 99.6 Å². The van der Waals surface area contributed by atoms with E-state index in [2.05, 4.69) is 0 Å². The van der Waals surface area contributed by atoms with E-state index >= 15 is 0 Å². The quantitative estimate of drug-likeness (QED) is 0.698. The molecule has 0 aliphatic carbocycles. The van der Waals surface area contributed by atoms with Gasteiger partial charge in [-0.25, -0.2) is 0 Å². The number of nitrogens with two attached hydrogens (primary N) is 1. The van der Waals surface area contributed by atoms with Gasteiger partial charge in [0, 0.05) is 20.3 Å². The summed E-state index contributed by atoms with van der Waals surface area (Å²) in [6.07, 6.45) is 1.28. The number of hydrogen-bond donors (Lipinski definition) is 2. The Bertz CT molecular complexity index is 521. The van der Waals surface area contributed by atoms with Crippen molar-refractivity contribution in [3.05, 3.63) is 41.7 Å². The number of nitrogens with zero attached hydrogens (tertiary/aromatic N) is 2. The SMILES string of the molecule is CN1C(=O)c2ccccc2N(C)C(=N)/C1=C\N. The average Bonchev–Trinajstić information content (AvgIpc) is 2.42. The molecular weight excluding hydrogens is 216 g/mol. The molecule has 5 nitrogen and oxygen atoms in total. The van der Waals surface area contributed by atoms with Crippen LogP contribution in [-0.4, -0.2) is 30.7 Å². The third-order valence-electron chi connectivity index (χ3n) is 2.90. The van der Waals surface area contributed by atoms with Crippen molar-refractivity contribution in [2.45, 2.75) is 0 Å². The monoisotopic (exact) mass is 230 g/mol. The fourth-order valence-corrected chi connectivity index (χ4v) is 1.88. The highest BCUT2D eigenvalue weighted by molar-refractivity contribution is 6.16. The average molecular weight is 230 g/mol. The lowest BCUT2D eigenvalue weighted by atomic mass is 10.1. The van der Waals surface area contributed by atoms with Crippen molar-refractivity contribution in [3.8, 4) is 0 Å². The second-order valence-electron chi connectivity index (χ2n) is 3.84. The minimum absolute atomic E-state index is 0.161. The third-order valence-corrected chi connectivity index (χ3v) is 2.90. The predicted octanol–water partition coefficient (Wildman–Crippen LogP) is 0.986. The zero-order chi connectivity index (χ0) is 12.6. The van der Waals surface area contributed by atoms with Gasteiger partial charge in [0.15, 0.2) is 5.84 Å². The normalized spacial score (nSPS) is 18.4. The molecular formula is C12H14N4O. The number of amidine groups is 1. The second kappa shape index (κ2) is 3.93. The summed E-state index contributed by atoms with van der Waals surface area (Å²) in [5, 5.41) is 8.03. The van der Waals surface area contributed by atoms with Crippen molar-refractivity contribution in [2.75, 3.05) is 19.0 Å². The Morgan fingerprint density at radius 2 is 1.88 bits per heavy atom. The lowest BCUT2D eigenvalue weighted by molar-refractivity contribution is 0.0845. The number of amides is 1. The van der Waals surface area contributed by atoms with E-state index < -0.39 is 0 Å². The lowest BCUT2D eigenvalue weighted by Crippen LogP contribution is -2.33. The number of carbonyl (C=O) groups excluding carboxylic acids is 1. The number of benzene rings is 1. The van der Waals surface area contributed by atoms with Crippen LogP contribution < -0.4 is 10.6 Å². The van der Waals surface area contributed by atoms with Gasteiger partial charge in [0.25, 0.3) is 5.91 Å². The maximum absolute atomic E-state index is 12.2. The van der Waals surface area contributed by atoms with Gasteiger partial charge in [-0.1, -0.05) is 12.1 Å². The van der Waals surface area contributed by atoms with Crippen LogP contribution in [0.15, 0.2) is 36.2 Å². The van der Waals surface area contributed by atoms with E-state index in [1.54, 1.807) is 31.1 Å². The molecule has 0 aromatic heterocycles. The summed E-state index contributed by atoms with van der Waals surface area (Å²) in [6.45, 7) is 0. The summed E-state index contributed by atoms with van der Waals surface area (Å²) in [4.78, 5) is 15.2. The van der Waals surface area contributed by atoms with Crippen molar-refractivity contribution in [3.63, 3.8) is 0 Å². The molecule has 0 atom stereocenters. The first-order valence-electron chi connectivity index (χ1n) is 5.19. The second-order valence-corrected chi connectivity index (χ2v) is 3.84. The van der Waals surface area contributed by atoms with Crippen molar-refractivity contribution in [2.24, 2.45) is 5.73 Å². The standard InChI is InChI=1S/C12H14N4O/c1-15-9-6-4-3-5-8(9)12(17)16(2)10(7-13)11(15)14/h3-7,14H,13H2,1-2H3/b10-7+,14-11?. The molecule has 2 rings (SSSR count). The molecule has 5 heteroatoms. The van der Waals surface area contributed by atoms with Gasteiger partial charge in [0.1, 0.15) is 5.70 Å². The predicted molar refractivity (Wildman–Crippen MR) is 66.9 cm³/mol. The van der Waals surface area contributed by atoms with Gasteiger partial charge in [-0.3, -0.25) is 10.2 Å². The Balaban J connectivity index is 2.67. The highest BCUT2D eigenvalue weighted by Gasteiger charge is 2.28. The van der Waals surface area contributed by atoms with Gasteiger partial charge in [0.05, 0.1) is 11.3 Å². The van der Waals surface area contributed by atoms with Gasteiger partial charge in [-0.2, -0.15) is 0 Å². The third kappa shape index (κ3) is 1.56. The summed E-state index contributed by atoms with van der Waals surface area (Å²) in [5.74, 6) is 0.0414. The van der Waals surface area contributed by atoms with Crippen LogP contribution in [-0.2, 0) is 0 Å². The van der Waals surface area contributed by atoms with E-state index in [9.17, 15) is 4.79 Å². The molecule has 0 spiro atoms. The van der Waals surface area contributed by atoms with Gasteiger partial charge in [-0.05, 0) is 12.1 Å². The molecule has 17 heavy (non-hydrogen) atoms. The molecule has 1 heterocycles. The molecule has 0 saturated carbocycles. The van der Waals surface area contributed by atoms with E-state index in [1.807, 2.05) is 12.1 Å². The summed E-state index contributed by atoms with van der Waals surface area (Å²) in [5.41, 5.74) is 7.17. The Morgan fingerprint density at radius 1 is 1.24 bits per heavy atom. The van der Waals surface area contributed by atoms with Crippen LogP contribution in [0.1, 0.15) is 10.4 Å². The van der Waals surface area contributed by atoms with Gasteiger partial charge in [0.2, 0.25) is 0 Å². The zero-order valence-corrected chi connectivity index (χ0v) is 9.77. The number of anilines is 1. The molecule has 1 amide bonds. The van der Waals surface area contributed by atoms with Gasteiger partial charge in [-0.15, -0.1) is 0 Å². The minimum atomic E-state index is -0.161. The number of nitrogens with one attached hydrogen (secondary N) is 1. The molecule has 1 aliphatic heterocycles. The Kier molecular flexibility index (Phi) is 2.59. The van der Waals surface area contributed by atoms with Crippen LogP contribution in [0.5, 0.6) is 0 Å². The minimum Gasteiger partial charge on any atom is -0.403 e. The summed E-state index contributed by atoms with van der Waals surface area (Å²) < 4.78 is 0. The molecule has 3 N–H and O–H groups in total. The van der Waals surface area contributed by atoms with Gasteiger partial charge < -0.3 is 15.5 Å². The molecule has 1 aliphatic rings.